The molecule has 0 radical (unpaired) electrons. The Morgan fingerprint density at radius 1 is 0.305 bits per heavy atom. The van der Waals surface area contributed by atoms with E-state index in [-0.39, 0.29) is 149 Å². The van der Waals surface area contributed by atoms with Crippen LogP contribution < -0.4 is 29.2 Å². The van der Waals surface area contributed by atoms with Gasteiger partial charge in [0.05, 0.1) is 7.11 Å². The average molecular weight is 2150 g/mol. The van der Waals surface area contributed by atoms with Crippen molar-refractivity contribution >= 4 is 160 Å². The van der Waals surface area contributed by atoms with Crippen LogP contribution in [0.1, 0.15) is 109 Å². The van der Waals surface area contributed by atoms with Crippen molar-refractivity contribution < 1.29 is 167 Å². The number of methoxy groups -OCH3 is 1. The normalized spacial score (nSPS) is 14.9. The van der Waals surface area contributed by atoms with E-state index in [4.69, 9.17) is 74.8 Å². The van der Waals surface area contributed by atoms with Crippen molar-refractivity contribution in [3.63, 3.8) is 0 Å². The first kappa shape index (κ1) is 112. The summed E-state index contributed by atoms with van der Waals surface area (Å²) in [6.45, 7) is 40.5. The number of rotatable bonds is 6. The van der Waals surface area contributed by atoms with Gasteiger partial charge in [0.25, 0.3) is 0 Å². The number of carbonyl (C=O) groups is 5. The van der Waals surface area contributed by atoms with E-state index in [9.17, 15) is 41.5 Å². The molecule has 5 aromatic heterocycles. The molecule has 10 heterocycles. The van der Waals surface area contributed by atoms with Crippen molar-refractivity contribution in [1.29, 1.82) is 0 Å². The Bertz CT molecular complexity index is 5080. The van der Waals surface area contributed by atoms with Crippen molar-refractivity contribution in [3.05, 3.63) is 141 Å². The Hall–Kier alpha value is -8.05. The maximum absolute atomic E-state index is 14.1. The number of nitrogens with zero attached hydrogens (tertiary/aromatic N) is 20. The number of hydrogen-bond donors (Lipinski definition) is 0. The minimum atomic E-state index is -0.842. The van der Waals surface area contributed by atoms with Crippen molar-refractivity contribution in [2.24, 2.45) is 0 Å². The Balaban J connectivity index is 0.000000250. The molecule has 0 unspecified atom stereocenters. The van der Waals surface area contributed by atoms with Gasteiger partial charge >= 0.3 is 30.5 Å². The predicted octanol–water partition coefficient (Wildman–Crippen LogP) is 15.9. The van der Waals surface area contributed by atoms with Gasteiger partial charge in [-0.1, -0.05) is 48.9 Å². The van der Waals surface area contributed by atoms with Gasteiger partial charge in [0.15, 0.2) is 0 Å². The van der Waals surface area contributed by atoms with Gasteiger partial charge in [-0.05, 0) is 131 Å². The van der Waals surface area contributed by atoms with E-state index in [0.717, 1.165) is 22.4 Å². The van der Waals surface area contributed by atoms with Crippen LogP contribution >= 0.6 is 46.4 Å². The number of halogens is 8. The molecular weight excluding hydrogens is 2050 g/mol. The Morgan fingerprint density at radius 3 is 0.824 bits per heavy atom. The van der Waals surface area contributed by atoms with E-state index in [2.05, 4.69) is 83.9 Å². The molecule has 44 heteroatoms. The molecule has 686 valence electrons. The maximum Gasteiger partial charge on any atom is 0.410 e. The number of fused-ring (bicyclic) bond motifs is 5. The maximum atomic E-state index is 14.1. The number of benzene rings is 5. The van der Waals surface area contributed by atoms with Gasteiger partial charge in [-0.3, -0.25) is 19.9 Å². The van der Waals surface area contributed by atoms with Gasteiger partial charge in [-0.15, -0.1) is 101 Å². The van der Waals surface area contributed by atoms with Crippen LogP contribution in [0.5, 0.6) is 5.75 Å². The Labute approximate surface area is 843 Å². The van der Waals surface area contributed by atoms with Gasteiger partial charge in [0.2, 0.25) is 0 Å². The summed E-state index contributed by atoms with van der Waals surface area (Å²) < 4.78 is 87.8. The third kappa shape index (κ3) is 30.7. The summed E-state index contributed by atoms with van der Waals surface area (Å²) in [5.41, 5.74) is -0.125. The van der Waals surface area contributed by atoms with Crippen molar-refractivity contribution in [1.82, 2.24) is 74.3 Å². The molecule has 0 spiro atoms. The van der Waals surface area contributed by atoms with Crippen molar-refractivity contribution in [2.75, 3.05) is 163 Å². The van der Waals surface area contributed by atoms with Crippen molar-refractivity contribution in [2.45, 2.75) is 139 Å². The molecule has 5 saturated heterocycles. The van der Waals surface area contributed by atoms with Crippen LogP contribution in [-0.4, -0.2) is 271 Å². The SMILES string of the molecule is CC(C)(C)OC(=O)N1CCN(c2ncnc3c(Cl)[c-]c(Cl)cc23)CC1.CC(C)(C)OC(=O)N1CCN(c2ncnc3c(F)[c-]c(Cl)cc23)CC1.CC(C)(C)OC(=O)N1CCN(c2ncnc3c(F)[c-]c(F)cc23)CC1.COc1[c-]c(Cl)cc2c(N3CCN(C(=O)OC(C)(C)C)CC3)ncnc12.Cc1[c-]c(F)c2ncnc(N3CCN(C(=O)OC(C)(C)C)CC3)c2c1.[Zn].[Zn].[Zn].[Zn].[Zn]. The largest absolute Gasteiger partial charge is 0.520 e. The topological polar surface area (TPSA) is 302 Å². The number of hydrogen-bond acceptors (Lipinski definition) is 26. The van der Waals surface area contributed by atoms with E-state index >= 15 is 0 Å². The zero-order valence-electron chi connectivity index (χ0n) is 76.9. The van der Waals surface area contributed by atoms with Crippen LogP contribution in [0.4, 0.5) is 70.6 Å². The van der Waals surface area contributed by atoms with E-state index in [1.54, 1.807) is 56.7 Å². The fourth-order valence-corrected chi connectivity index (χ4v) is 14.7. The van der Waals surface area contributed by atoms with E-state index in [1.807, 2.05) is 131 Å². The molecule has 10 aromatic rings. The van der Waals surface area contributed by atoms with Crippen molar-refractivity contribution in [3.8, 4) is 5.75 Å². The first-order valence-electron chi connectivity index (χ1n) is 40.7. The monoisotopic (exact) mass is 2140 g/mol. The van der Waals surface area contributed by atoms with Crippen LogP contribution in [0.15, 0.2) is 62.0 Å². The molecule has 5 fully saturated rings. The number of amides is 5. The third-order valence-corrected chi connectivity index (χ3v) is 20.3. The van der Waals surface area contributed by atoms with Crippen LogP contribution in [0.3, 0.4) is 0 Å². The molecule has 15 rings (SSSR count). The zero-order valence-corrected chi connectivity index (χ0v) is 94.8. The molecule has 5 amide bonds. The third-order valence-electron chi connectivity index (χ3n) is 19.4. The smallest absolute Gasteiger partial charge is 0.410 e. The summed E-state index contributed by atoms with van der Waals surface area (Å²) in [7, 11) is 1.56. The van der Waals surface area contributed by atoms with Gasteiger partial charge in [-0.25, -0.2) is 66.5 Å². The molecule has 0 aliphatic carbocycles. The Kier molecular flexibility index (Phi) is 40.9. The number of aromatic nitrogens is 10. The van der Waals surface area contributed by atoms with Crippen LogP contribution in [0.2, 0.25) is 20.1 Å². The summed E-state index contributed by atoms with van der Waals surface area (Å²) in [5, 5.41) is 4.49. The fourth-order valence-electron chi connectivity index (χ4n) is 13.8. The minimum absolute atomic E-state index is 0. The van der Waals surface area contributed by atoms with Crippen LogP contribution in [0.25, 0.3) is 54.5 Å². The second kappa shape index (κ2) is 47.9. The summed E-state index contributed by atoms with van der Waals surface area (Å²) in [6, 6.07) is 21.0. The average Bonchev–Trinajstić information content (AvgIpc) is 0.815. The molecule has 131 heavy (non-hydrogen) atoms. The molecule has 31 nitrogen and oxygen atoms in total. The van der Waals surface area contributed by atoms with E-state index in [1.165, 1.54) is 37.7 Å². The second-order valence-corrected chi connectivity index (χ2v) is 36.4. The molecule has 5 aliphatic rings. The number of piperazine rings is 5. The quantitative estimate of drug-likeness (QED) is 0.0646. The zero-order chi connectivity index (χ0) is 91.7. The first-order chi connectivity index (χ1) is 59.3. The minimum Gasteiger partial charge on any atom is -0.520 e. The van der Waals surface area contributed by atoms with Gasteiger partial charge in [0.1, 0.15) is 88.7 Å². The second-order valence-electron chi connectivity index (χ2n) is 34.8. The molecule has 0 N–H and O–H groups in total. The predicted molar refractivity (Wildman–Crippen MR) is 473 cm³/mol. The van der Waals surface area contributed by atoms with E-state index in [0.29, 0.717) is 202 Å². The number of anilines is 5. The summed E-state index contributed by atoms with van der Waals surface area (Å²) in [6.07, 6.45) is 5.32. The molecule has 5 aromatic carbocycles. The first-order valence-corrected chi connectivity index (χ1v) is 42.2. The molecule has 0 saturated carbocycles. The fraction of sp³-hybridized carbons (Fsp3) is 0.483. The summed E-state index contributed by atoms with van der Waals surface area (Å²) >= 11 is 24.3. The molecule has 0 atom stereocenters. The van der Waals surface area contributed by atoms with Crippen LogP contribution in [0, 0.1) is 60.5 Å². The number of aryl methyl sites for hydroxylation is 1. The molecule has 0 bridgehead atoms. The standard InChI is InChI=1S/C18H22ClN4O3.C18H22FN4O2.C17H19Cl2N4O2.C17H19ClFN4O2.C17H19F2N4O2.5Zn/c1-18(2,3)26-17(24)23-7-5-22(6-8-23)16-13-9-12(19)10-14(25-4)15(13)20-11-21-16;1-12-9-13-15(14(19)10-12)20-11-21-16(13)22-5-7-23(8-6-22)17(24)25-18(2,3)4;3*1-17(2,3)25-16(24)23-6-4-22(5-7-23)15-12-8-11(18)9-13(19)14(12)20-10-21-15;;;;;/h9,11H,5-8H2,1-4H3;9,11H,5-8H2,1-4H3;3*8,10H,4-7H2,1-3H3;;;;;/q5*-1;;;;;. The Morgan fingerprint density at radius 2 is 0.534 bits per heavy atom. The number of ether oxygens (including phenoxy) is 6. The van der Waals surface area contributed by atoms with Gasteiger partial charge in [0, 0.05) is 263 Å². The summed E-state index contributed by atoms with van der Waals surface area (Å²) in [4.78, 5) is 121. The number of carbonyl (C=O) groups excluding carboxylic acids is 5. The van der Waals surface area contributed by atoms with E-state index < -0.39 is 51.3 Å². The molecule has 5 aliphatic heterocycles. The van der Waals surface area contributed by atoms with Gasteiger partial charge in [-0.2, -0.15) is 11.6 Å². The van der Waals surface area contributed by atoms with Gasteiger partial charge < -0.3 is 82.4 Å². The molecular formula is C87H101Cl4F4N20O11Zn5-5. The van der Waals surface area contributed by atoms with Crippen LogP contribution in [-0.2, 0) is 121 Å². The summed E-state index contributed by atoms with van der Waals surface area (Å²) in [5.74, 6) is 1.04.